The summed E-state index contributed by atoms with van der Waals surface area (Å²) in [6, 6.07) is 2.42. The predicted molar refractivity (Wildman–Crippen MR) is 77.8 cm³/mol. The highest BCUT2D eigenvalue weighted by atomic mass is 16.2. The topological polar surface area (TPSA) is 84.0 Å². The smallest absolute Gasteiger partial charge is 0.265 e. The first-order valence-electron chi connectivity index (χ1n) is 7.37. The summed E-state index contributed by atoms with van der Waals surface area (Å²) in [5.74, 6) is 1.71. The number of hydrogen-bond donors (Lipinski definition) is 2. The molecule has 0 aliphatic heterocycles. The molecule has 6 nitrogen and oxygen atoms in total. The lowest BCUT2D eigenvalue weighted by Gasteiger charge is -2.17. The van der Waals surface area contributed by atoms with E-state index in [1.165, 1.54) is 23.2 Å². The summed E-state index contributed by atoms with van der Waals surface area (Å²) in [5, 5.41) is 5.25. The van der Waals surface area contributed by atoms with Crippen LogP contribution >= 0.6 is 0 Å². The highest BCUT2D eigenvalue weighted by molar-refractivity contribution is 5.76. The Morgan fingerprint density at radius 3 is 2.86 bits per heavy atom. The Kier molecular flexibility index (Phi) is 3.77. The molecular formula is C15H19N3O3. The molecule has 0 radical (unpaired) electrons. The third kappa shape index (κ3) is 3.15. The summed E-state index contributed by atoms with van der Waals surface area (Å²) in [6.07, 6.45) is 7.35. The van der Waals surface area contributed by atoms with Crippen molar-refractivity contribution in [3.63, 3.8) is 0 Å². The van der Waals surface area contributed by atoms with Crippen molar-refractivity contribution in [2.24, 2.45) is 17.8 Å². The molecule has 1 saturated carbocycles. The van der Waals surface area contributed by atoms with Gasteiger partial charge in [0.05, 0.1) is 6.54 Å². The molecule has 2 bridgehead atoms. The molecule has 2 N–H and O–H groups in total. The second-order valence-electron chi connectivity index (χ2n) is 5.89. The molecule has 21 heavy (non-hydrogen) atoms. The van der Waals surface area contributed by atoms with E-state index in [0.29, 0.717) is 30.7 Å². The number of allylic oxidation sites excluding steroid dienone is 2. The van der Waals surface area contributed by atoms with Gasteiger partial charge in [-0.25, -0.2) is 4.68 Å². The van der Waals surface area contributed by atoms with E-state index in [9.17, 15) is 14.4 Å². The number of hydrogen-bond acceptors (Lipinski definition) is 3. The van der Waals surface area contributed by atoms with Gasteiger partial charge in [-0.3, -0.25) is 19.5 Å². The fourth-order valence-electron chi connectivity index (χ4n) is 3.38. The third-order valence-electron chi connectivity index (χ3n) is 4.41. The fourth-order valence-corrected chi connectivity index (χ4v) is 3.38. The average Bonchev–Trinajstić information content (AvgIpc) is 3.05. The largest absolute Gasteiger partial charge is 0.354 e. The maximum Gasteiger partial charge on any atom is 0.265 e. The lowest BCUT2D eigenvalue weighted by molar-refractivity contribution is -0.122. The first-order chi connectivity index (χ1) is 10.1. The Bertz CT molecular complexity index is 673. The first kappa shape index (κ1) is 13.9. The van der Waals surface area contributed by atoms with Crippen LogP contribution in [0.4, 0.5) is 0 Å². The standard InChI is InChI=1S/C15H19N3O3/c19-13-3-4-15(21)18(17-13)6-5-16-14(20)9-12-8-10-1-2-11(12)7-10/h1-4,10-12H,5-9H2,(H,16,20)(H,17,19)/t10-,11+,12+/m1/s1. The third-order valence-corrected chi connectivity index (χ3v) is 4.41. The summed E-state index contributed by atoms with van der Waals surface area (Å²) in [4.78, 5) is 34.5. The van der Waals surface area contributed by atoms with Crippen molar-refractivity contribution in [2.75, 3.05) is 6.54 Å². The van der Waals surface area contributed by atoms with Crippen molar-refractivity contribution in [2.45, 2.75) is 25.8 Å². The van der Waals surface area contributed by atoms with Crippen LogP contribution < -0.4 is 16.4 Å². The summed E-state index contributed by atoms with van der Waals surface area (Å²) in [5.41, 5.74) is -0.600. The molecule has 1 aromatic rings. The number of amides is 1. The molecule has 3 atom stereocenters. The van der Waals surface area contributed by atoms with Gasteiger partial charge in [-0.2, -0.15) is 0 Å². The van der Waals surface area contributed by atoms with E-state index >= 15 is 0 Å². The fraction of sp³-hybridized carbons (Fsp3) is 0.533. The van der Waals surface area contributed by atoms with Crippen molar-refractivity contribution >= 4 is 5.91 Å². The van der Waals surface area contributed by atoms with Crippen LogP contribution in [-0.2, 0) is 11.3 Å². The van der Waals surface area contributed by atoms with Crippen LogP contribution in [-0.4, -0.2) is 22.2 Å². The number of carbonyl (C=O) groups excluding carboxylic acids is 1. The number of carbonyl (C=O) groups is 1. The summed E-state index contributed by atoms with van der Waals surface area (Å²) < 4.78 is 1.21. The molecule has 1 aromatic heterocycles. The minimum absolute atomic E-state index is 0.0206. The molecule has 112 valence electrons. The van der Waals surface area contributed by atoms with Gasteiger partial charge in [0.15, 0.2) is 0 Å². The van der Waals surface area contributed by atoms with Crippen molar-refractivity contribution in [3.05, 3.63) is 45.0 Å². The maximum atomic E-state index is 11.9. The van der Waals surface area contributed by atoms with Gasteiger partial charge in [0.25, 0.3) is 11.1 Å². The predicted octanol–water partition coefficient (Wildman–Crippen LogP) is 0.255. The van der Waals surface area contributed by atoms with Gasteiger partial charge in [-0.05, 0) is 30.6 Å². The van der Waals surface area contributed by atoms with Crippen molar-refractivity contribution in [3.8, 4) is 0 Å². The molecular weight excluding hydrogens is 270 g/mol. The van der Waals surface area contributed by atoms with E-state index < -0.39 is 0 Å². The van der Waals surface area contributed by atoms with Gasteiger partial charge in [0.1, 0.15) is 0 Å². The number of nitrogens with one attached hydrogen (secondary N) is 2. The number of rotatable bonds is 5. The van der Waals surface area contributed by atoms with Gasteiger partial charge in [-0.1, -0.05) is 12.2 Å². The Morgan fingerprint density at radius 1 is 1.29 bits per heavy atom. The van der Waals surface area contributed by atoms with E-state index in [1.807, 2.05) is 0 Å². The molecule has 6 heteroatoms. The van der Waals surface area contributed by atoms with Gasteiger partial charge in [0, 0.05) is 25.1 Å². The van der Waals surface area contributed by atoms with E-state index in [2.05, 4.69) is 22.6 Å². The minimum atomic E-state index is -0.324. The van der Waals surface area contributed by atoms with E-state index in [0.717, 1.165) is 6.42 Å². The molecule has 3 rings (SSSR count). The van der Waals surface area contributed by atoms with Crippen molar-refractivity contribution in [1.29, 1.82) is 0 Å². The van der Waals surface area contributed by atoms with Gasteiger partial charge in [0.2, 0.25) is 5.91 Å². The Morgan fingerprint density at radius 2 is 2.14 bits per heavy atom. The van der Waals surface area contributed by atoms with Crippen LogP contribution in [0.2, 0.25) is 0 Å². The molecule has 2 aliphatic carbocycles. The average molecular weight is 289 g/mol. The number of aromatic nitrogens is 2. The van der Waals surface area contributed by atoms with Crippen molar-refractivity contribution in [1.82, 2.24) is 15.1 Å². The van der Waals surface area contributed by atoms with Gasteiger partial charge < -0.3 is 5.32 Å². The number of nitrogens with zero attached hydrogens (tertiary/aromatic N) is 1. The lowest BCUT2D eigenvalue weighted by atomic mass is 9.90. The van der Waals surface area contributed by atoms with Crippen LogP contribution in [0.25, 0.3) is 0 Å². The zero-order valence-corrected chi connectivity index (χ0v) is 11.7. The zero-order valence-electron chi connectivity index (χ0n) is 11.7. The summed E-state index contributed by atoms with van der Waals surface area (Å²) in [6.45, 7) is 0.618. The number of fused-ring (bicyclic) bond motifs is 2. The van der Waals surface area contributed by atoms with Crippen LogP contribution in [0, 0.1) is 17.8 Å². The first-order valence-corrected chi connectivity index (χ1v) is 7.37. The Labute approximate surface area is 121 Å². The number of H-pyrrole nitrogens is 1. The SMILES string of the molecule is O=C(C[C@@H]1C[C@@H]2C=C[C@H]1C2)NCCn1[nH]c(=O)ccc1=O. The molecule has 2 aliphatic rings. The molecule has 1 heterocycles. The van der Waals surface area contributed by atoms with Gasteiger partial charge in [-0.15, -0.1) is 0 Å². The summed E-state index contributed by atoms with van der Waals surface area (Å²) in [7, 11) is 0. The van der Waals surface area contributed by atoms with Crippen LogP contribution in [0.3, 0.4) is 0 Å². The minimum Gasteiger partial charge on any atom is -0.354 e. The van der Waals surface area contributed by atoms with Gasteiger partial charge >= 0.3 is 0 Å². The second kappa shape index (κ2) is 5.71. The molecule has 0 spiro atoms. The van der Waals surface area contributed by atoms with Crippen molar-refractivity contribution < 1.29 is 4.79 Å². The van der Waals surface area contributed by atoms with E-state index in [-0.39, 0.29) is 23.6 Å². The number of aromatic amines is 1. The normalized spacial score (nSPS) is 26.2. The zero-order chi connectivity index (χ0) is 14.8. The van der Waals surface area contributed by atoms with E-state index in [4.69, 9.17) is 0 Å². The monoisotopic (exact) mass is 289 g/mol. The highest BCUT2D eigenvalue weighted by Crippen LogP contribution is 2.44. The maximum absolute atomic E-state index is 11.9. The highest BCUT2D eigenvalue weighted by Gasteiger charge is 2.36. The Hall–Kier alpha value is -2.11. The lowest BCUT2D eigenvalue weighted by Crippen LogP contribution is -2.35. The molecule has 0 aromatic carbocycles. The van der Waals surface area contributed by atoms with Crippen LogP contribution in [0.15, 0.2) is 33.9 Å². The quantitative estimate of drug-likeness (QED) is 0.762. The van der Waals surface area contributed by atoms with Crippen LogP contribution in [0.5, 0.6) is 0 Å². The second-order valence-corrected chi connectivity index (χ2v) is 5.89. The van der Waals surface area contributed by atoms with Crippen LogP contribution in [0.1, 0.15) is 19.3 Å². The molecule has 0 saturated heterocycles. The molecule has 1 fully saturated rings. The molecule has 1 amide bonds. The molecule has 0 unspecified atom stereocenters. The summed E-state index contributed by atoms with van der Waals surface area (Å²) >= 11 is 0. The Balaban J connectivity index is 1.46. The van der Waals surface area contributed by atoms with E-state index in [1.54, 1.807) is 0 Å².